The predicted molar refractivity (Wildman–Crippen MR) is 57.5 cm³/mol. The van der Waals surface area contributed by atoms with Crippen LogP contribution in [0.1, 0.15) is 38.5 Å². The molecule has 5 heteroatoms. The Kier molecular flexibility index (Phi) is 5.01. The monoisotopic (exact) mass is 215 g/mol. The van der Waals surface area contributed by atoms with Crippen molar-refractivity contribution < 1.29 is 9.90 Å². The van der Waals surface area contributed by atoms with E-state index in [1.807, 2.05) is 5.43 Å². The van der Waals surface area contributed by atoms with Crippen molar-refractivity contribution in [2.45, 2.75) is 50.7 Å². The lowest BCUT2D eigenvalue weighted by molar-refractivity contribution is -0.130. The van der Waals surface area contributed by atoms with E-state index in [4.69, 9.17) is 11.6 Å². The molecule has 0 aromatic carbocycles. The summed E-state index contributed by atoms with van der Waals surface area (Å²) in [5, 5.41) is 9.50. The zero-order chi connectivity index (χ0) is 11.3. The van der Waals surface area contributed by atoms with E-state index in [9.17, 15) is 9.90 Å². The van der Waals surface area contributed by atoms with Gasteiger partial charge in [-0.25, -0.2) is 5.84 Å². The van der Waals surface area contributed by atoms with Crippen LogP contribution in [0.2, 0.25) is 0 Å². The topological polar surface area (TPSA) is 101 Å². The molecule has 0 aromatic rings. The Morgan fingerprint density at radius 1 is 1.40 bits per heavy atom. The highest BCUT2D eigenvalue weighted by molar-refractivity contribution is 5.80. The molecule has 1 fully saturated rings. The van der Waals surface area contributed by atoms with Gasteiger partial charge in [0, 0.05) is 6.04 Å². The second-order valence-corrected chi connectivity index (χ2v) is 4.36. The third kappa shape index (κ3) is 3.77. The van der Waals surface area contributed by atoms with E-state index in [2.05, 4.69) is 0 Å². The van der Waals surface area contributed by atoms with E-state index in [0.29, 0.717) is 12.3 Å². The van der Waals surface area contributed by atoms with Crippen LogP contribution in [0.3, 0.4) is 0 Å². The van der Waals surface area contributed by atoms with Crippen molar-refractivity contribution in [3.63, 3.8) is 0 Å². The zero-order valence-corrected chi connectivity index (χ0v) is 8.98. The second kappa shape index (κ2) is 6.05. The van der Waals surface area contributed by atoms with Crippen molar-refractivity contribution >= 4 is 5.91 Å². The van der Waals surface area contributed by atoms with Crippen LogP contribution in [0.5, 0.6) is 0 Å². The quantitative estimate of drug-likeness (QED) is 0.292. The highest BCUT2D eigenvalue weighted by Gasteiger charge is 2.25. The smallest absolute Gasteiger partial charge is 0.264 e. The minimum atomic E-state index is -1.18. The molecule has 1 unspecified atom stereocenters. The lowest BCUT2D eigenvalue weighted by Gasteiger charge is -2.26. The van der Waals surface area contributed by atoms with Crippen molar-refractivity contribution in [1.29, 1.82) is 0 Å². The number of nitrogens with one attached hydrogen (secondary N) is 1. The van der Waals surface area contributed by atoms with E-state index in [0.717, 1.165) is 12.8 Å². The first-order valence-corrected chi connectivity index (χ1v) is 5.59. The molecule has 1 rings (SSSR count). The fourth-order valence-electron chi connectivity index (χ4n) is 2.22. The Hall–Kier alpha value is -0.650. The molecule has 0 spiro atoms. The molecular weight excluding hydrogens is 194 g/mol. The number of hydrazine groups is 1. The first kappa shape index (κ1) is 12.4. The van der Waals surface area contributed by atoms with Crippen LogP contribution in [0.4, 0.5) is 0 Å². The summed E-state index contributed by atoms with van der Waals surface area (Å²) in [5.74, 6) is 4.88. The molecule has 88 valence electrons. The maximum Gasteiger partial charge on any atom is 0.264 e. The van der Waals surface area contributed by atoms with Gasteiger partial charge in [0.1, 0.15) is 6.10 Å². The summed E-state index contributed by atoms with van der Waals surface area (Å²) in [6.45, 7) is 0. The number of nitrogens with two attached hydrogens (primary N) is 2. The number of hydrogen-bond donors (Lipinski definition) is 4. The van der Waals surface area contributed by atoms with E-state index in [-0.39, 0.29) is 0 Å². The number of hydrogen-bond acceptors (Lipinski definition) is 4. The van der Waals surface area contributed by atoms with Gasteiger partial charge in [-0.05, 0) is 12.3 Å². The largest absolute Gasteiger partial charge is 0.382 e. The van der Waals surface area contributed by atoms with Crippen molar-refractivity contribution in [3.05, 3.63) is 0 Å². The van der Waals surface area contributed by atoms with Crippen LogP contribution in [0.15, 0.2) is 0 Å². The third-order valence-electron chi connectivity index (χ3n) is 3.15. The minimum absolute atomic E-state index is 0.503. The summed E-state index contributed by atoms with van der Waals surface area (Å²) in [6.07, 6.45) is 5.59. The van der Waals surface area contributed by atoms with Gasteiger partial charge in [-0.15, -0.1) is 0 Å². The lowest BCUT2D eigenvalue weighted by Crippen LogP contribution is -2.49. The Morgan fingerprint density at radius 3 is 2.53 bits per heavy atom. The van der Waals surface area contributed by atoms with Crippen LogP contribution in [-0.2, 0) is 4.79 Å². The Bertz CT molecular complexity index is 205. The van der Waals surface area contributed by atoms with Crippen molar-refractivity contribution in [1.82, 2.24) is 5.43 Å². The Morgan fingerprint density at radius 2 is 2.00 bits per heavy atom. The summed E-state index contributed by atoms with van der Waals surface area (Å²) < 4.78 is 0. The van der Waals surface area contributed by atoms with Gasteiger partial charge in [-0.2, -0.15) is 0 Å². The van der Waals surface area contributed by atoms with Gasteiger partial charge < -0.3 is 10.8 Å². The van der Waals surface area contributed by atoms with Crippen LogP contribution in [-0.4, -0.2) is 23.2 Å². The summed E-state index contributed by atoms with van der Waals surface area (Å²) in [5.41, 5.74) is 7.67. The van der Waals surface area contributed by atoms with Gasteiger partial charge >= 0.3 is 0 Å². The first-order chi connectivity index (χ1) is 7.15. The average Bonchev–Trinajstić information content (AvgIpc) is 2.28. The van der Waals surface area contributed by atoms with Crippen molar-refractivity contribution in [2.75, 3.05) is 0 Å². The van der Waals surface area contributed by atoms with E-state index >= 15 is 0 Å². The fourth-order valence-corrected chi connectivity index (χ4v) is 2.22. The molecule has 0 aliphatic heterocycles. The molecule has 0 aromatic heterocycles. The molecule has 0 heterocycles. The SMILES string of the molecule is NNC(=O)C(O)[C@H](N)CC1CCCCC1. The standard InChI is InChI=1S/C10H21N3O2/c11-8(9(14)10(15)13-12)6-7-4-2-1-3-5-7/h7-9,14H,1-6,11-12H2,(H,13,15)/t8-,9?/m1/s1. The van der Waals surface area contributed by atoms with Gasteiger partial charge in [0.15, 0.2) is 0 Å². The Balaban J connectivity index is 2.32. The molecule has 0 radical (unpaired) electrons. The average molecular weight is 215 g/mol. The summed E-state index contributed by atoms with van der Waals surface area (Å²) in [7, 11) is 0. The van der Waals surface area contributed by atoms with Gasteiger partial charge in [0.2, 0.25) is 0 Å². The number of carbonyl (C=O) groups is 1. The zero-order valence-electron chi connectivity index (χ0n) is 8.98. The maximum atomic E-state index is 11.0. The fraction of sp³-hybridized carbons (Fsp3) is 0.900. The second-order valence-electron chi connectivity index (χ2n) is 4.36. The van der Waals surface area contributed by atoms with Gasteiger partial charge in [-0.3, -0.25) is 10.2 Å². The van der Waals surface area contributed by atoms with Crippen LogP contribution < -0.4 is 17.0 Å². The van der Waals surface area contributed by atoms with Crippen molar-refractivity contribution in [3.8, 4) is 0 Å². The van der Waals surface area contributed by atoms with E-state index in [1.165, 1.54) is 19.3 Å². The van der Waals surface area contributed by atoms with E-state index in [1.54, 1.807) is 0 Å². The molecule has 2 atom stereocenters. The molecular formula is C10H21N3O2. The third-order valence-corrected chi connectivity index (χ3v) is 3.15. The summed E-state index contributed by atoms with van der Waals surface area (Å²) in [4.78, 5) is 11.0. The molecule has 0 saturated heterocycles. The molecule has 5 nitrogen and oxygen atoms in total. The highest BCUT2D eigenvalue weighted by atomic mass is 16.3. The number of carbonyl (C=O) groups excluding carboxylic acids is 1. The molecule has 1 amide bonds. The van der Waals surface area contributed by atoms with Gasteiger partial charge in [0.25, 0.3) is 5.91 Å². The first-order valence-electron chi connectivity index (χ1n) is 5.59. The number of amides is 1. The molecule has 1 aliphatic carbocycles. The Labute approximate surface area is 90.2 Å². The summed E-state index contributed by atoms with van der Waals surface area (Å²) >= 11 is 0. The molecule has 6 N–H and O–H groups in total. The normalized spacial score (nSPS) is 22.1. The van der Waals surface area contributed by atoms with Gasteiger partial charge in [-0.1, -0.05) is 32.1 Å². The number of rotatable bonds is 4. The van der Waals surface area contributed by atoms with E-state index < -0.39 is 18.1 Å². The maximum absolute atomic E-state index is 11.0. The van der Waals surface area contributed by atoms with Crippen LogP contribution in [0.25, 0.3) is 0 Å². The number of aliphatic hydroxyl groups is 1. The predicted octanol–water partition coefficient (Wildman–Crippen LogP) is -0.365. The van der Waals surface area contributed by atoms with Crippen LogP contribution in [0, 0.1) is 5.92 Å². The molecule has 0 bridgehead atoms. The molecule has 1 saturated carbocycles. The minimum Gasteiger partial charge on any atom is -0.382 e. The summed E-state index contributed by atoms with van der Waals surface area (Å²) in [6, 6.07) is -0.503. The van der Waals surface area contributed by atoms with Crippen LogP contribution >= 0.6 is 0 Å². The highest BCUT2D eigenvalue weighted by Crippen LogP contribution is 2.27. The number of aliphatic hydroxyl groups excluding tert-OH is 1. The van der Waals surface area contributed by atoms with Gasteiger partial charge in [0.05, 0.1) is 0 Å². The molecule has 1 aliphatic rings. The lowest BCUT2D eigenvalue weighted by atomic mass is 9.84. The van der Waals surface area contributed by atoms with Crippen molar-refractivity contribution in [2.24, 2.45) is 17.5 Å². The molecule has 15 heavy (non-hydrogen) atoms.